The Balaban J connectivity index is 2.35. The molecule has 0 fully saturated rings. The SMILES string of the molecule is CNC(C)c1ccc(-c2cnc(C(F)(F)F)s2)cc1Cl. The number of alkyl halides is 3. The van der Waals surface area contributed by atoms with Crippen LogP contribution in [0.3, 0.4) is 0 Å². The highest BCUT2D eigenvalue weighted by Gasteiger charge is 2.34. The molecule has 0 amide bonds. The summed E-state index contributed by atoms with van der Waals surface area (Å²) >= 11 is 6.78. The largest absolute Gasteiger partial charge is 0.443 e. The fraction of sp³-hybridized carbons (Fsp3) is 0.308. The van der Waals surface area contributed by atoms with Gasteiger partial charge in [-0.25, -0.2) is 4.98 Å². The van der Waals surface area contributed by atoms with Crippen molar-refractivity contribution in [2.24, 2.45) is 0 Å². The summed E-state index contributed by atoms with van der Waals surface area (Å²) in [5, 5.41) is 2.73. The number of benzene rings is 1. The average molecular weight is 321 g/mol. The molecule has 1 unspecified atom stereocenters. The first-order valence-electron chi connectivity index (χ1n) is 5.83. The molecule has 2 rings (SSSR count). The van der Waals surface area contributed by atoms with Gasteiger partial charge in [0.2, 0.25) is 0 Å². The van der Waals surface area contributed by atoms with E-state index in [-0.39, 0.29) is 6.04 Å². The molecule has 0 saturated heterocycles. The lowest BCUT2D eigenvalue weighted by molar-refractivity contribution is -0.137. The minimum absolute atomic E-state index is 0.0729. The van der Waals surface area contributed by atoms with E-state index >= 15 is 0 Å². The summed E-state index contributed by atoms with van der Waals surface area (Å²) in [5.41, 5.74) is 1.54. The van der Waals surface area contributed by atoms with Crippen LogP contribution in [-0.4, -0.2) is 12.0 Å². The van der Waals surface area contributed by atoms with Crippen molar-refractivity contribution in [2.75, 3.05) is 7.05 Å². The van der Waals surface area contributed by atoms with Gasteiger partial charge in [-0.15, -0.1) is 11.3 Å². The van der Waals surface area contributed by atoms with Crippen LogP contribution in [0, 0.1) is 0 Å². The fourth-order valence-corrected chi connectivity index (χ4v) is 2.85. The van der Waals surface area contributed by atoms with Gasteiger partial charge >= 0.3 is 6.18 Å². The zero-order valence-corrected chi connectivity index (χ0v) is 12.3. The number of hydrogen-bond acceptors (Lipinski definition) is 3. The average Bonchev–Trinajstić information content (AvgIpc) is 2.87. The number of rotatable bonds is 3. The lowest BCUT2D eigenvalue weighted by Gasteiger charge is -2.13. The highest BCUT2D eigenvalue weighted by Crippen LogP contribution is 2.37. The zero-order chi connectivity index (χ0) is 14.9. The first kappa shape index (κ1) is 15.3. The molecule has 0 radical (unpaired) electrons. The van der Waals surface area contributed by atoms with Gasteiger partial charge in [0.15, 0.2) is 5.01 Å². The van der Waals surface area contributed by atoms with Crippen LogP contribution in [0.25, 0.3) is 10.4 Å². The van der Waals surface area contributed by atoms with Crippen LogP contribution in [0.4, 0.5) is 13.2 Å². The van der Waals surface area contributed by atoms with Gasteiger partial charge in [-0.3, -0.25) is 0 Å². The minimum Gasteiger partial charge on any atom is -0.313 e. The Labute approximate surface area is 123 Å². The Hall–Kier alpha value is -1.11. The second kappa shape index (κ2) is 5.71. The molecule has 1 aromatic heterocycles. The molecule has 0 aliphatic carbocycles. The van der Waals surface area contributed by atoms with E-state index in [1.54, 1.807) is 12.1 Å². The Morgan fingerprint density at radius 3 is 2.55 bits per heavy atom. The van der Waals surface area contributed by atoms with Crippen LogP contribution in [0.2, 0.25) is 5.02 Å². The summed E-state index contributed by atoms with van der Waals surface area (Å²) in [4.78, 5) is 3.85. The van der Waals surface area contributed by atoms with Crippen molar-refractivity contribution in [1.82, 2.24) is 10.3 Å². The quantitative estimate of drug-likeness (QED) is 0.881. The van der Waals surface area contributed by atoms with Crippen molar-refractivity contribution < 1.29 is 13.2 Å². The molecule has 2 aromatic rings. The third kappa shape index (κ3) is 3.13. The Morgan fingerprint density at radius 2 is 2.05 bits per heavy atom. The lowest BCUT2D eigenvalue weighted by Crippen LogP contribution is -2.12. The van der Waals surface area contributed by atoms with Crippen LogP contribution in [0.5, 0.6) is 0 Å². The number of hydrogen-bond donors (Lipinski definition) is 1. The second-order valence-electron chi connectivity index (χ2n) is 4.27. The third-order valence-electron chi connectivity index (χ3n) is 2.93. The van der Waals surface area contributed by atoms with Gasteiger partial charge < -0.3 is 5.32 Å². The van der Waals surface area contributed by atoms with Gasteiger partial charge in [0.1, 0.15) is 0 Å². The van der Waals surface area contributed by atoms with Gasteiger partial charge in [0.05, 0.1) is 4.88 Å². The van der Waals surface area contributed by atoms with Gasteiger partial charge in [-0.1, -0.05) is 23.7 Å². The van der Waals surface area contributed by atoms with Gasteiger partial charge in [-0.05, 0) is 31.2 Å². The fourth-order valence-electron chi connectivity index (χ4n) is 1.73. The van der Waals surface area contributed by atoms with Gasteiger partial charge in [0, 0.05) is 17.3 Å². The van der Waals surface area contributed by atoms with Crippen LogP contribution in [-0.2, 0) is 6.18 Å². The predicted molar refractivity (Wildman–Crippen MR) is 75.0 cm³/mol. The monoisotopic (exact) mass is 320 g/mol. The Morgan fingerprint density at radius 1 is 1.35 bits per heavy atom. The molecule has 0 spiro atoms. The molecule has 0 bridgehead atoms. The number of nitrogens with zero attached hydrogens (tertiary/aromatic N) is 1. The standard InChI is InChI=1S/C13H12ClF3N2S/c1-7(18-2)9-4-3-8(5-10(9)14)11-6-19-12(20-11)13(15,16)17/h3-7,18H,1-2H3. The first-order chi connectivity index (χ1) is 9.32. The van der Waals surface area contributed by atoms with E-state index in [1.807, 2.05) is 20.0 Å². The molecule has 1 atom stereocenters. The third-order valence-corrected chi connectivity index (χ3v) is 4.35. The van der Waals surface area contributed by atoms with Crippen molar-refractivity contribution in [3.05, 3.63) is 40.0 Å². The zero-order valence-electron chi connectivity index (χ0n) is 10.8. The van der Waals surface area contributed by atoms with E-state index < -0.39 is 11.2 Å². The summed E-state index contributed by atoms with van der Waals surface area (Å²) in [5.74, 6) is 0. The number of thiazole rings is 1. The van der Waals surface area contributed by atoms with E-state index in [0.717, 1.165) is 5.56 Å². The minimum atomic E-state index is -4.41. The lowest BCUT2D eigenvalue weighted by atomic mass is 10.1. The highest BCUT2D eigenvalue weighted by atomic mass is 35.5. The molecule has 20 heavy (non-hydrogen) atoms. The molecule has 0 aliphatic heterocycles. The summed E-state index contributed by atoms with van der Waals surface area (Å²) in [6.45, 7) is 1.95. The van der Waals surface area contributed by atoms with Crippen molar-refractivity contribution in [1.29, 1.82) is 0 Å². The van der Waals surface area contributed by atoms with E-state index in [2.05, 4.69) is 10.3 Å². The van der Waals surface area contributed by atoms with Crippen LogP contribution >= 0.6 is 22.9 Å². The van der Waals surface area contributed by atoms with Crippen molar-refractivity contribution in [2.45, 2.75) is 19.1 Å². The van der Waals surface area contributed by atoms with Crippen LogP contribution < -0.4 is 5.32 Å². The molecule has 108 valence electrons. The first-order valence-corrected chi connectivity index (χ1v) is 7.02. The maximum Gasteiger partial charge on any atom is 0.443 e. The smallest absolute Gasteiger partial charge is 0.313 e. The summed E-state index contributed by atoms with van der Waals surface area (Å²) in [6.07, 6.45) is -3.19. The topological polar surface area (TPSA) is 24.9 Å². The molecule has 0 aliphatic rings. The van der Waals surface area contributed by atoms with Crippen LogP contribution in [0.1, 0.15) is 23.5 Å². The Bertz CT molecular complexity index is 610. The van der Waals surface area contributed by atoms with Crippen molar-refractivity contribution in [3.8, 4) is 10.4 Å². The maximum atomic E-state index is 12.5. The molecule has 1 N–H and O–H groups in total. The molecular formula is C13H12ClF3N2S. The molecule has 0 saturated carbocycles. The number of aromatic nitrogens is 1. The number of halogens is 4. The molecule has 2 nitrogen and oxygen atoms in total. The van der Waals surface area contributed by atoms with E-state index in [1.165, 1.54) is 6.20 Å². The van der Waals surface area contributed by atoms with Crippen LogP contribution in [0.15, 0.2) is 24.4 Å². The van der Waals surface area contributed by atoms with E-state index in [0.29, 0.717) is 26.8 Å². The maximum absolute atomic E-state index is 12.5. The molecule has 1 aromatic carbocycles. The summed E-state index contributed by atoms with van der Waals surface area (Å²) in [6, 6.07) is 5.30. The summed E-state index contributed by atoms with van der Waals surface area (Å²) < 4.78 is 37.6. The van der Waals surface area contributed by atoms with Gasteiger partial charge in [-0.2, -0.15) is 13.2 Å². The second-order valence-corrected chi connectivity index (χ2v) is 5.71. The molecule has 1 heterocycles. The van der Waals surface area contributed by atoms with E-state index in [9.17, 15) is 13.2 Å². The predicted octanol–water partition coefficient (Wildman–Crippen LogP) is 4.76. The van der Waals surface area contributed by atoms with Crippen molar-refractivity contribution in [3.63, 3.8) is 0 Å². The Kier molecular flexibility index (Phi) is 4.36. The summed E-state index contributed by atoms with van der Waals surface area (Å²) in [7, 11) is 1.81. The normalized spacial score (nSPS) is 13.5. The molecule has 7 heteroatoms. The number of nitrogens with one attached hydrogen (secondary N) is 1. The van der Waals surface area contributed by atoms with E-state index in [4.69, 9.17) is 11.6 Å². The highest BCUT2D eigenvalue weighted by molar-refractivity contribution is 7.15. The van der Waals surface area contributed by atoms with Crippen molar-refractivity contribution >= 4 is 22.9 Å². The van der Waals surface area contributed by atoms with Gasteiger partial charge in [0.25, 0.3) is 0 Å². The molecular weight excluding hydrogens is 309 g/mol.